The average molecular weight is 325 g/mol. The second-order valence-electron chi connectivity index (χ2n) is 2.36. The molecule has 0 N–H and O–H groups in total. The minimum atomic E-state index is 0.528. The van der Waals surface area contributed by atoms with E-state index >= 15 is 0 Å². The largest absolute Gasteiger partial charge is 0.0863 e. The highest BCUT2D eigenvalue weighted by Crippen LogP contribution is 2.26. The van der Waals surface area contributed by atoms with Crippen molar-refractivity contribution in [1.82, 2.24) is 0 Å². The highest BCUT2D eigenvalue weighted by atomic mass is 127. The van der Waals surface area contributed by atoms with Crippen LogP contribution < -0.4 is 0 Å². The van der Waals surface area contributed by atoms with Gasteiger partial charge in [-0.25, -0.2) is 0 Å². The molecule has 11 heavy (non-hydrogen) atoms. The van der Waals surface area contributed by atoms with E-state index in [1.54, 1.807) is 0 Å². The van der Waals surface area contributed by atoms with E-state index in [9.17, 15) is 0 Å². The summed E-state index contributed by atoms with van der Waals surface area (Å²) < 4.78 is 1.20. The van der Waals surface area contributed by atoms with Gasteiger partial charge < -0.3 is 0 Å². The van der Waals surface area contributed by atoms with Crippen molar-refractivity contribution in [2.75, 3.05) is 4.43 Å². The summed E-state index contributed by atoms with van der Waals surface area (Å²) in [6.07, 6.45) is 1.20. The fourth-order valence-electron chi connectivity index (χ4n) is 0.924. The lowest BCUT2D eigenvalue weighted by Gasteiger charge is -2.06. The van der Waals surface area contributed by atoms with Gasteiger partial charge in [0.1, 0.15) is 0 Å². The van der Waals surface area contributed by atoms with Crippen molar-refractivity contribution in [2.45, 2.75) is 11.2 Å². The van der Waals surface area contributed by atoms with E-state index in [2.05, 4.69) is 62.8 Å². The van der Waals surface area contributed by atoms with E-state index in [1.807, 2.05) is 6.07 Å². The molecule has 0 aliphatic rings. The van der Waals surface area contributed by atoms with E-state index in [4.69, 9.17) is 0 Å². The van der Waals surface area contributed by atoms with Crippen LogP contribution >= 0.6 is 38.5 Å². The molecule has 0 aliphatic heterocycles. The van der Waals surface area contributed by atoms with Crippen LogP contribution in [0.5, 0.6) is 0 Å². The number of alkyl halides is 2. The standard InChI is InChI=1S/C9H10BrI/c10-9(6-7-11)8-4-2-1-3-5-8/h1-5,9H,6-7H2. The summed E-state index contributed by atoms with van der Waals surface area (Å²) in [6, 6.07) is 10.5. The van der Waals surface area contributed by atoms with Crippen molar-refractivity contribution in [3.8, 4) is 0 Å². The molecular weight excluding hydrogens is 315 g/mol. The summed E-state index contributed by atoms with van der Waals surface area (Å²) in [5, 5.41) is 0. The number of benzene rings is 1. The SMILES string of the molecule is BrC(CCI)c1ccccc1. The maximum Gasteiger partial charge on any atom is 0.0402 e. The van der Waals surface area contributed by atoms with E-state index in [0.29, 0.717) is 4.83 Å². The van der Waals surface area contributed by atoms with Crippen molar-refractivity contribution in [3.05, 3.63) is 35.9 Å². The summed E-state index contributed by atoms with van der Waals surface area (Å²) in [5.41, 5.74) is 1.38. The van der Waals surface area contributed by atoms with Gasteiger partial charge in [0, 0.05) is 9.25 Å². The lowest BCUT2D eigenvalue weighted by Crippen LogP contribution is -1.89. The van der Waals surface area contributed by atoms with Gasteiger partial charge >= 0.3 is 0 Å². The first-order valence-electron chi connectivity index (χ1n) is 3.59. The van der Waals surface area contributed by atoms with Crippen molar-refractivity contribution in [3.63, 3.8) is 0 Å². The maximum absolute atomic E-state index is 3.64. The van der Waals surface area contributed by atoms with Gasteiger partial charge in [0.05, 0.1) is 0 Å². The monoisotopic (exact) mass is 324 g/mol. The summed E-state index contributed by atoms with van der Waals surface area (Å²) in [6.45, 7) is 0. The Balaban J connectivity index is 2.61. The van der Waals surface area contributed by atoms with E-state index < -0.39 is 0 Å². The topological polar surface area (TPSA) is 0 Å². The number of hydrogen-bond acceptors (Lipinski definition) is 0. The molecule has 0 radical (unpaired) electrons. The minimum absolute atomic E-state index is 0.528. The van der Waals surface area contributed by atoms with Crippen LogP contribution in [-0.4, -0.2) is 4.43 Å². The smallest absolute Gasteiger partial charge is 0.0402 e. The summed E-state index contributed by atoms with van der Waals surface area (Å²) in [4.78, 5) is 0.528. The molecule has 0 nitrogen and oxygen atoms in total. The average Bonchev–Trinajstić information content (AvgIpc) is 2.07. The lowest BCUT2D eigenvalue weighted by molar-refractivity contribution is 0.935. The van der Waals surface area contributed by atoms with Gasteiger partial charge in [-0.3, -0.25) is 0 Å². The van der Waals surface area contributed by atoms with Crippen LogP contribution in [0.1, 0.15) is 16.8 Å². The quantitative estimate of drug-likeness (QED) is 0.583. The first kappa shape index (κ1) is 9.52. The molecule has 0 saturated heterocycles. The molecule has 1 aromatic rings. The molecule has 1 unspecified atom stereocenters. The van der Waals surface area contributed by atoms with E-state index in [-0.39, 0.29) is 0 Å². The molecule has 0 aromatic heterocycles. The van der Waals surface area contributed by atoms with Gasteiger partial charge in [0.2, 0.25) is 0 Å². The Morgan fingerprint density at radius 2 is 1.91 bits per heavy atom. The van der Waals surface area contributed by atoms with Crippen molar-refractivity contribution < 1.29 is 0 Å². The summed E-state index contributed by atoms with van der Waals surface area (Å²) >= 11 is 6.04. The molecule has 0 bridgehead atoms. The van der Waals surface area contributed by atoms with Crippen LogP contribution in [0.25, 0.3) is 0 Å². The van der Waals surface area contributed by atoms with Crippen LogP contribution in [-0.2, 0) is 0 Å². The van der Waals surface area contributed by atoms with Crippen molar-refractivity contribution in [1.29, 1.82) is 0 Å². The Hall–Kier alpha value is 0.430. The van der Waals surface area contributed by atoms with Crippen LogP contribution in [0.2, 0.25) is 0 Å². The highest BCUT2D eigenvalue weighted by molar-refractivity contribution is 14.1. The predicted molar refractivity (Wildman–Crippen MR) is 61.6 cm³/mol. The van der Waals surface area contributed by atoms with E-state index in [0.717, 1.165) is 0 Å². The fourth-order valence-corrected chi connectivity index (χ4v) is 2.94. The molecule has 0 spiro atoms. The molecule has 1 atom stereocenters. The predicted octanol–water partition coefficient (Wildman–Crippen LogP) is 3.95. The number of halogens is 2. The van der Waals surface area contributed by atoms with Crippen molar-refractivity contribution >= 4 is 38.5 Å². The number of rotatable bonds is 3. The molecule has 1 aromatic carbocycles. The molecule has 0 saturated carbocycles. The second kappa shape index (κ2) is 5.14. The molecule has 0 heterocycles. The van der Waals surface area contributed by atoms with Crippen LogP contribution in [0.4, 0.5) is 0 Å². The molecule has 1 rings (SSSR count). The Morgan fingerprint density at radius 3 is 2.45 bits per heavy atom. The lowest BCUT2D eigenvalue weighted by atomic mass is 10.1. The van der Waals surface area contributed by atoms with Gasteiger partial charge in [-0.2, -0.15) is 0 Å². The van der Waals surface area contributed by atoms with Gasteiger partial charge in [-0.15, -0.1) is 0 Å². The second-order valence-corrected chi connectivity index (χ2v) is 4.54. The first-order valence-corrected chi connectivity index (χ1v) is 6.03. The third-order valence-corrected chi connectivity index (χ3v) is 3.13. The van der Waals surface area contributed by atoms with Crippen LogP contribution in [0, 0.1) is 0 Å². The zero-order valence-electron chi connectivity index (χ0n) is 6.13. The highest BCUT2D eigenvalue weighted by Gasteiger charge is 2.03. The minimum Gasteiger partial charge on any atom is -0.0863 e. The molecule has 2 heteroatoms. The van der Waals surface area contributed by atoms with Gasteiger partial charge in [0.15, 0.2) is 0 Å². The van der Waals surface area contributed by atoms with Gasteiger partial charge in [-0.05, 0) is 12.0 Å². The fraction of sp³-hybridized carbons (Fsp3) is 0.333. The maximum atomic E-state index is 3.64. The third-order valence-electron chi connectivity index (χ3n) is 1.52. The zero-order chi connectivity index (χ0) is 8.10. The molecular formula is C9H10BrI. The molecule has 0 aliphatic carbocycles. The summed E-state index contributed by atoms with van der Waals surface area (Å²) in [7, 11) is 0. The van der Waals surface area contributed by atoms with Crippen LogP contribution in [0.3, 0.4) is 0 Å². The number of hydrogen-bond donors (Lipinski definition) is 0. The zero-order valence-corrected chi connectivity index (χ0v) is 9.88. The Labute approximate surface area is 89.7 Å². The molecule has 0 amide bonds. The molecule has 0 fully saturated rings. The Bertz CT molecular complexity index is 198. The third kappa shape index (κ3) is 3.11. The van der Waals surface area contributed by atoms with Gasteiger partial charge in [-0.1, -0.05) is 68.9 Å². The van der Waals surface area contributed by atoms with Crippen LogP contribution in [0.15, 0.2) is 30.3 Å². The normalized spacial score (nSPS) is 12.9. The molecule has 60 valence electrons. The Morgan fingerprint density at radius 1 is 1.27 bits per heavy atom. The van der Waals surface area contributed by atoms with E-state index in [1.165, 1.54) is 16.4 Å². The Kier molecular flexibility index (Phi) is 4.45. The summed E-state index contributed by atoms with van der Waals surface area (Å²) in [5.74, 6) is 0. The van der Waals surface area contributed by atoms with Gasteiger partial charge in [0.25, 0.3) is 0 Å². The van der Waals surface area contributed by atoms with Crippen molar-refractivity contribution in [2.24, 2.45) is 0 Å². The first-order chi connectivity index (χ1) is 5.34.